The van der Waals surface area contributed by atoms with Crippen LogP contribution in [-0.2, 0) is 28.9 Å². The number of aromatic nitrogens is 3. The highest BCUT2D eigenvalue weighted by molar-refractivity contribution is 7.99. The van der Waals surface area contributed by atoms with Crippen LogP contribution in [0.15, 0.2) is 53.6 Å². The third kappa shape index (κ3) is 3.52. The number of aryl methyl sites for hydroxylation is 2. The van der Waals surface area contributed by atoms with Crippen molar-refractivity contribution in [3.63, 3.8) is 0 Å². The van der Waals surface area contributed by atoms with E-state index in [0.717, 1.165) is 36.9 Å². The van der Waals surface area contributed by atoms with Crippen molar-refractivity contribution in [3.8, 4) is 0 Å². The van der Waals surface area contributed by atoms with Crippen LogP contribution in [0.25, 0.3) is 21.8 Å². The van der Waals surface area contributed by atoms with E-state index in [-0.39, 0.29) is 0 Å². The molecular formula is C21H23N3O3S2. The summed E-state index contributed by atoms with van der Waals surface area (Å²) in [5.41, 5.74) is 4.05. The van der Waals surface area contributed by atoms with E-state index in [1.807, 2.05) is 62.4 Å². The molecule has 2 heterocycles. The first-order valence-corrected chi connectivity index (χ1v) is 11.9. The van der Waals surface area contributed by atoms with Gasteiger partial charge < -0.3 is 10.2 Å². The molecule has 1 aliphatic heterocycles. The predicted molar refractivity (Wildman–Crippen MR) is 119 cm³/mol. The number of rotatable bonds is 3. The lowest BCUT2D eigenvalue weighted by molar-refractivity contribution is 0.466. The maximum absolute atomic E-state index is 12.5. The molecule has 0 fully saturated rings. The van der Waals surface area contributed by atoms with Crippen LogP contribution in [0.2, 0.25) is 0 Å². The van der Waals surface area contributed by atoms with Gasteiger partial charge in [-0.2, -0.15) is 8.42 Å². The molecule has 0 unspecified atom stereocenters. The summed E-state index contributed by atoms with van der Waals surface area (Å²) in [4.78, 5) is 0. The molecule has 0 saturated heterocycles. The van der Waals surface area contributed by atoms with Gasteiger partial charge in [0.2, 0.25) is 0 Å². The van der Waals surface area contributed by atoms with E-state index in [2.05, 4.69) is 10.2 Å². The first kappa shape index (κ1) is 19.9. The molecule has 2 bridgehead atoms. The number of fused-ring (bicyclic) bond motifs is 4. The Kier molecular flexibility index (Phi) is 5.33. The minimum Gasteiger partial charge on any atom is -0.300 e. The number of nitrogens with zero attached hydrogens (tertiary/aromatic N) is 1. The molecule has 152 valence electrons. The maximum Gasteiger partial charge on any atom is 0.364 e. The van der Waals surface area contributed by atoms with E-state index in [9.17, 15) is 13.0 Å². The molecule has 0 amide bonds. The molecule has 3 aromatic rings. The van der Waals surface area contributed by atoms with Gasteiger partial charge in [0.25, 0.3) is 0 Å². The summed E-state index contributed by atoms with van der Waals surface area (Å²) in [6.45, 7) is 3.99. The number of para-hydroxylation sites is 2. The number of aromatic amines is 2. The van der Waals surface area contributed by atoms with Gasteiger partial charge in [0, 0.05) is 16.5 Å². The molecule has 6 nitrogen and oxygen atoms in total. The number of hydrogen-bond donors (Lipinski definition) is 3. The number of benzene rings is 2. The fraction of sp³-hybridized carbons (Fsp3) is 0.238. The monoisotopic (exact) mass is 429 g/mol. The van der Waals surface area contributed by atoms with Crippen molar-refractivity contribution in [1.29, 1.82) is 0 Å². The van der Waals surface area contributed by atoms with Crippen molar-refractivity contribution in [2.24, 2.45) is 0 Å². The molecule has 3 N–H and O–H groups in total. The second-order valence-electron chi connectivity index (χ2n) is 6.79. The van der Waals surface area contributed by atoms with Crippen LogP contribution in [0.4, 0.5) is 0 Å². The molecule has 4 rings (SSSR count). The lowest BCUT2D eigenvalue weighted by Crippen LogP contribution is -2.15. The highest BCUT2D eigenvalue weighted by atomic mass is 32.2. The van der Waals surface area contributed by atoms with Gasteiger partial charge in [0.15, 0.2) is 0 Å². The van der Waals surface area contributed by atoms with E-state index >= 15 is 0 Å². The fourth-order valence-electron chi connectivity index (χ4n) is 3.89. The standard InChI is InChI=1S/C21H23N3O3S2/c1-3-14-16-9-5-7-11-18(16)22-23-19-12-8-6-10-17(19)15(4-2)21-24(29(25,26)27)20(14)13-28-21/h5-12,22-23H,3-4,13H2,1-2H3,(H,25,26,27). The zero-order chi connectivity index (χ0) is 20.6. The van der Waals surface area contributed by atoms with Gasteiger partial charge in [-0.05, 0) is 36.1 Å². The maximum atomic E-state index is 12.5. The Bertz CT molecular complexity index is 1230. The molecule has 0 saturated carbocycles. The lowest BCUT2D eigenvalue weighted by Gasteiger charge is -2.10. The van der Waals surface area contributed by atoms with Gasteiger partial charge in [-0.3, -0.25) is 4.55 Å². The van der Waals surface area contributed by atoms with Crippen LogP contribution in [0, 0.1) is 0 Å². The largest absolute Gasteiger partial charge is 0.364 e. The van der Waals surface area contributed by atoms with Gasteiger partial charge >= 0.3 is 10.3 Å². The number of thioether (sulfide) groups is 1. The Labute approximate surface area is 173 Å². The topological polar surface area (TPSA) is 90.9 Å². The van der Waals surface area contributed by atoms with E-state index in [1.165, 1.54) is 11.8 Å². The zero-order valence-corrected chi connectivity index (χ0v) is 17.9. The second kappa shape index (κ2) is 7.78. The highest BCUT2D eigenvalue weighted by Gasteiger charge is 2.27. The predicted octanol–water partition coefficient (Wildman–Crippen LogP) is 5.08. The number of H-pyrrole nitrogens is 2. The minimum absolute atomic E-state index is 0.478. The van der Waals surface area contributed by atoms with Gasteiger partial charge in [0.1, 0.15) is 0 Å². The SMILES string of the molecule is CCc1c2n(S(=O)(=O)O)c(c(CC)c3ccccc3[nH][nH]c3ccccc13)SC2. The van der Waals surface area contributed by atoms with Crippen LogP contribution in [0.1, 0.15) is 30.7 Å². The van der Waals surface area contributed by atoms with Crippen molar-refractivity contribution in [3.05, 3.63) is 65.4 Å². The third-order valence-electron chi connectivity index (χ3n) is 5.16. The fourth-order valence-corrected chi connectivity index (χ4v) is 6.42. The number of nitrogens with one attached hydrogen (secondary N) is 2. The molecule has 8 heteroatoms. The molecule has 0 atom stereocenters. The van der Waals surface area contributed by atoms with Gasteiger partial charge in [-0.15, -0.1) is 11.8 Å². The average molecular weight is 430 g/mol. The Morgan fingerprint density at radius 2 is 1.45 bits per heavy atom. The molecule has 29 heavy (non-hydrogen) atoms. The van der Waals surface area contributed by atoms with Crippen molar-refractivity contribution in [2.75, 3.05) is 0 Å². The Morgan fingerprint density at radius 3 is 1.97 bits per heavy atom. The molecule has 2 aromatic carbocycles. The summed E-state index contributed by atoms with van der Waals surface area (Å²) in [5, 5.41) is 8.96. The van der Waals surface area contributed by atoms with Crippen LogP contribution in [-0.4, -0.2) is 27.1 Å². The van der Waals surface area contributed by atoms with Crippen molar-refractivity contribution in [1.82, 2.24) is 14.2 Å². The normalized spacial score (nSPS) is 12.9. The Hall–Kier alpha value is -2.42. The first-order valence-electron chi connectivity index (χ1n) is 9.52. The zero-order valence-electron chi connectivity index (χ0n) is 16.3. The van der Waals surface area contributed by atoms with Crippen LogP contribution in [0.3, 0.4) is 0 Å². The minimum atomic E-state index is -4.48. The van der Waals surface area contributed by atoms with Gasteiger partial charge in [-0.25, -0.2) is 3.97 Å². The Morgan fingerprint density at radius 1 is 0.931 bits per heavy atom. The molecular weight excluding hydrogens is 406 g/mol. The van der Waals surface area contributed by atoms with E-state index in [1.54, 1.807) is 0 Å². The van der Waals surface area contributed by atoms with Gasteiger partial charge in [0.05, 0.1) is 21.8 Å². The van der Waals surface area contributed by atoms with E-state index in [4.69, 9.17) is 0 Å². The summed E-state index contributed by atoms with van der Waals surface area (Å²) in [7, 11) is -4.48. The van der Waals surface area contributed by atoms with Crippen LogP contribution in [0.5, 0.6) is 0 Å². The Balaban J connectivity index is 2.41. The molecule has 0 aliphatic carbocycles. The van der Waals surface area contributed by atoms with Crippen molar-refractivity contribution in [2.45, 2.75) is 37.5 Å². The lowest BCUT2D eigenvalue weighted by atomic mass is 10.1. The molecule has 1 aromatic heterocycles. The smallest absolute Gasteiger partial charge is 0.300 e. The highest BCUT2D eigenvalue weighted by Crippen LogP contribution is 2.38. The van der Waals surface area contributed by atoms with Crippen molar-refractivity contribution >= 4 is 43.9 Å². The summed E-state index contributed by atoms with van der Waals surface area (Å²) in [6.07, 6.45) is 1.25. The third-order valence-corrected chi connectivity index (χ3v) is 7.26. The van der Waals surface area contributed by atoms with Crippen molar-refractivity contribution < 1.29 is 13.0 Å². The molecule has 0 spiro atoms. The van der Waals surface area contributed by atoms with Gasteiger partial charge in [-0.1, -0.05) is 50.2 Å². The summed E-state index contributed by atoms with van der Waals surface area (Å²) >= 11 is 1.45. The molecule has 1 aliphatic rings. The van der Waals surface area contributed by atoms with Crippen LogP contribution >= 0.6 is 11.8 Å². The first-order chi connectivity index (χ1) is 14.0. The summed E-state index contributed by atoms with van der Waals surface area (Å²) in [6, 6.07) is 15.6. The van der Waals surface area contributed by atoms with E-state index < -0.39 is 10.3 Å². The summed E-state index contributed by atoms with van der Waals surface area (Å²) in [5.74, 6) is 0.478. The second-order valence-corrected chi connectivity index (χ2v) is 9.01. The average Bonchev–Trinajstić information content (AvgIpc) is 3.13. The number of hydrogen-bond acceptors (Lipinski definition) is 3. The molecule has 0 radical (unpaired) electrons. The van der Waals surface area contributed by atoms with Crippen LogP contribution < -0.4 is 0 Å². The van der Waals surface area contributed by atoms with E-state index in [0.29, 0.717) is 29.3 Å². The quantitative estimate of drug-likeness (QED) is 0.506. The summed E-state index contributed by atoms with van der Waals surface area (Å²) < 4.78 is 36.3.